The molecule has 2 aliphatic rings. The van der Waals surface area contributed by atoms with E-state index >= 15 is 0 Å². The molecular weight excluding hydrogens is 399 g/mol. The number of rotatable bonds is 5. The average molecular weight is 425 g/mol. The van der Waals surface area contributed by atoms with Crippen LogP contribution < -0.4 is 10.6 Å². The van der Waals surface area contributed by atoms with Gasteiger partial charge in [0.2, 0.25) is 5.91 Å². The fourth-order valence-electron chi connectivity index (χ4n) is 3.57. The van der Waals surface area contributed by atoms with Gasteiger partial charge in [0.25, 0.3) is 0 Å². The van der Waals surface area contributed by atoms with Crippen LogP contribution in [0.1, 0.15) is 18.0 Å². The standard InChI is InChI=1S/C19H24N6O.2ClH/c1-20-19(26)17-10-16(11-21-17)25-13-18(22-23-25)15-6-4-14(5-7-15)12-24-8-2-3-9-24;;/h2-7,13,16-17,21H,8-12H2,1H3,(H,20,26);2*1H/t16-,17-;;/m0../s1. The molecule has 0 bridgehead atoms. The van der Waals surface area contributed by atoms with Gasteiger partial charge in [0, 0.05) is 38.8 Å². The summed E-state index contributed by atoms with van der Waals surface area (Å²) in [6, 6.07) is 8.52. The van der Waals surface area contributed by atoms with Gasteiger partial charge in [0.1, 0.15) is 5.69 Å². The molecule has 2 aliphatic heterocycles. The quantitative estimate of drug-likeness (QED) is 0.715. The monoisotopic (exact) mass is 424 g/mol. The van der Waals surface area contributed by atoms with Gasteiger partial charge >= 0.3 is 0 Å². The number of hydrogen-bond donors (Lipinski definition) is 2. The molecule has 0 radical (unpaired) electrons. The van der Waals surface area contributed by atoms with Crippen molar-refractivity contribution in [2.24, 2.45) is 0 Å². The highest BCUT2D eigenvalue weighted by Gasteiger charge is 2.30. The summed E-state index contributed by atoms with van der Waals surface area (Å²) in [5.41, 5.74) is 3.23. The van der Waals surface area contributed by atoms with Gasteiger partial charge < -0.3 is 10.6 Å². The minimum atomic E-state index is -0.156. The molecule has 9 heteroatoms. The van der Waals surface area contributed by atoms with Crippen LogP contribution in [-0.2, 0) is 11.3 Å². The molecule has 28 heavy (non-hydrogen) atoms. The van der Waals surface area contributed by atoms with E-state index in [1.165, 1.54) is 5.56 Å². The zero-order valence-corrected chi connectivity index (χ0v) is 17.4. The summed E-state index contributed by atoms with van der Waals surface area (Å²) in [6.45, 7) is 3.75. The first-order chi connectivity index (χ1) is 12.7. The van der Waals surface area contributed by atoms with E-state index in [2.05, 4.69) is 62.3 Å². The van der Waals surface area contributed by atoms with Gasteiger partial charge in [-0.25, -0.2) is 4.68 Å². The summed E-state index contributed by atoms with van der Waals surface area (Å²) in [6.07, 6.45) is 7.11. The van der Waals surface area contributed by atoms with Crippen LogP contribution in [0, 0.1) is 0 Å². The van der Waals surface area contributed by atoms with Crippen molar-refractivity contribution in [2.45, 2.75) is 25.0 Å². The molecule has 1 aromatic heterocycles. The lowest BCUT2D eigenvalue weighted by molar-refractivity contribution is -0.122. The summed E-state index contributed by atoms with van der Waals surface area (Å²) in [7, 11) is 1.66. The van der Waals surface area contributed by atoms with Crippen molar-refractivity contribution in [1.82, 2.24) is 30.5 Å². The van der Waals surface area contributed by atoms with Crippen LogP contribution in [0.2, 0.25) is 0 Å². The number of halogens is 2. The van der Waals surface area contributed by atoms with Gasteiger partial charge in [-0.2, -0.15) is 0 Å². The molecule has 152 valence electrons. The van der Waals surface area contributed by atoms with E-state index < -0.39 is 0 Å². The Kier molecular flexibility index (Phi) is 8.00. The number of hydrogen-bond acceptors (Lipinski definition) is 5. The smallest absolute Gasteiger partial charge is 0.236 e. The van der Waals surface area contributed by atoms with Crippen molar-refractivity contribution in [2.75, 3.05) is 26.7 Å². The van der Waals surface area contributed by atoms with E-state index in [0.717, 1.165) is 43.9 Å². The normalized spacial score (nSPS) is 21.2. The fraction of sp³-hybridized carbons (Fsp3) is 0.421. The Balaban J connectivity index is 0.00000140. The molecule has 3 heterocycles. The van der Waals surface area contributed by atoms with Crippen LogP contribution in [0.15, 0.2) is 42.6 Å². The first-order valence-electron chi connectivity index (χ1n) is 9.06. The van der Waals surface area contributed by atoms with Crippen molar-refractivity contribution in [3.8, 4) is 11.3 Å². The summed E-state index contributed by atoms with van der Waals surface area (Å²) in [5.74, 6) is 0.0247. The van der Waals surface area contributed by atoms with Gasteiger partial charge in [-0.15, -0.1) is 29.9 Å². The Bertz CT molecular complexity index is 799. The molecule has 2 N–H and O–H groups in total. The second-order valence-electron chi connectivity index (χ2n) is 6.91. The zero-order valence-electron chi connectivity index (χ0n) is 15.7. The molecule has 0 aliphatic carbocycles. The number of nitrogens with zero attached hydrogens (tertiary/aromatic N) is 4. The van der Waals surface area contributed by atoms with E-state index in [1.54, 1.807) is 7.05 Å². The maximum atomic E-state index is 11.7. The summed E-state index contributed by atoms with van der Waals surface area (Å²) >= 11 is 0. The van der Waals surface area contributed by atoms with Crippen LogP contribution in [0.4, 0.5) is 0 Å². The Morgan fingerprint density at radius 2 is 1.93 bits per heavy atom. The molecule has 7 nitrogen and oxygen atoms in total. The number of nitrogens with one attached hydrogen (secondary N) is 2. The van der Waals surface area contributed by atoms with Crippen LogP contribution in [0.3, 0.4) is 0 Å². The Labute approximate surface area is 177 Å². The SMILES string of the molecule is CNC(=O)[C@@H]1C[C@H](n2cc(-c3ccc(CN4CC=CC4)cc3)nn2)CN1.Cl.Cl. The van der Waals surface area contributed by atoms with Crippen molar-refractivity contribution in [3.63, 3.8) is 0 Å². The predicted molar refractivity (Wildman–Crippen MR) is 114 cm³/mol. The molecule has 0 spiro atoms. The molecule has 1 aromatic carbocycles. The topological polar surface area (TPSA) is 75.1 Å². The highest BCUT2D eigenvalue weighted by atomic mass is 35.5. The van der Waals surface area contributed by atoms with E-state index in [0.29, 0.717) is 0 Å². The maximum absolute atomic E-state index is 11.7. The van der Waals surface area contributed by atoms with Gasteiger partial charge in [-0.05, 0) is 12.0 Å². The highest BCUT2D eigenvalue weighted by Crippen LogP contribution is 2.23. The third kappa shape index (κ3) is 4.91. The molecule has 1 amide bonds. The Hall–Kier alpha value is -1.93. The summed E-state index contributed by atoms with van der Waals surface area (Å²) < 4.78 is 1.87. The van der Waals surface area contributed by atoms with Crippen LogP contribution in [-0.4, -0.2) is 58.5 Å². The molecule has 2 atom stereocenters. The van der Waals surface area contributed by atoms with Crippen LogP contribution in [0.25, 0.3) is 11.3 Å². The molecular formula is C19H26Cl2N6O. The second kappa shape index (κ2) is 10.0. The van der Waals surface area contributed by atoms with Crippen molar-refractivity contribution in [1.29, 1.82) is 0 Å². The zero-order chi connectivity index (χ0) is 17.9. The lowest BCUT2D eigenvalue weighted by atomic mass is 10.1. The van der Waals surface area contributed by atoms with Gasteiger partial charge in [0.05, 0.1) is 18.3 Å². The molecule has 1 saturated heterocycles. The van der Waals surface area contributed by atoms with Crippen molar-refractivity contribution < 1.29 is 4.79 Å². The molecule has 0 unspecified atom stereocenters. The van der Waals surface area contributed by atoms with E-state index in [1.807, 2.05) is 10.9 Å². The second-order valence-corrected chi connectivity index (χ2v) is 6.91. The van der Waals surface area contributed by atoms with Crippen LogP contribution >= 0.6 is 24.8 Å². The number of amides is 1. The number of benzene rings is 1. The minimum Gasteiger partial charge on any atom is -0.358 e. The van der Waals surface area contributed by atoms with Crippen molar-refractivity contribution in [3.05, 3.63) is 48.2 Å². The molecule has 2 aromatic rings. The minimum absolute atomic E-state index is 0. The van der Waals surface area contributed by atoms with Crippen molar-refractivity contribution >= 4 is 30.7 Å². The highest BCUT2D eigenvalue weighted by molar-refractivity contribution is 5.85. The lowest BCUT2D eigenvalue weighted by Crippen LogP contribution is -2.38. The molecule has 0 saturated carbocycles. The first-order valence-corrected chi connectivity index (χ1v) is 9.06. The van der Waals surface area contributed by atoms with E-state index in [-0.39, 0.29) is 42.8 Å². The molecule has 4 rings (SSSR count). The first kappa shape index (κ1) is 22.4. The van der Waals surface area contributed by atoms with Crippen LogP contribution in [0.5, 0.6) is 0 Å². The maximum Gasteiger partial charge on any atom is 0.236 e. The third-order valence-corrected chi connectivity index (χ3v) is 5.10. The number of carbonyl (C=O) groups is 1. The number of aromatic nitrogens is 3. The largest absolute Gasteiger partial charge is 0.358 e. The average Bonchev–Trinajstić information content (AvgIpc) is 3.42. The fourth-order valence-corrected chi connectivity index (χ4v) is 3.57. The Morgan fingerprint density at radius 3 is 2.61 bits per heavy atom. The summed E-state index contributed by atoms with van der Waals surface area (Å²) in [5, 5.41) is 14.5. The predicted octanol–water partition coefficient (Wildman–Crippen LogP) is 1.81. The number of carbonyl (C=O) groups excluding carboxylic acids is 1. The van der Waals surface area contributed by atoms with Gasteiger partial charge in [0.15, 0.2) is 0 Å². The van der Waals surface area contributed by atoms with E-state index in [4.69, 9.17) is 0 Å². The summed E-state index contributed by atoms with van der Waals surface area (Å²) in [4.78, 5) is 14.1. The number of likely N-dealkylation sites (N-methyl/N-ethyl adjacent to an activating group) is 1. The van der Waals surface area contributed by atoms with Gasteiger partial charge in [-0.1, -0.05) is 41.6 Å². The van der Waals surface area contributed by atoms with Gasteiger partial charge in [-0.3, -0.25) is 9.69 Å². The Morgan fingerprint density at radius 1 is 1.21 bits per heavy atom. The third-order valence-electron chi connectivity index (χ3n) is 5.10. The van der Waals surface area contributed by atoms with E-state index in [9.17, 15) is 4.79 Å². The molecule has 1 fully saturated rings. The lowest BCUT2D eigenvalue weighted by Gasteiger charge is -2.14.